The molecule has 0 spiro atoms. The number of ketones is 1. The van der Waals surface area contributed by atoms with Crippen molar-refractivity contribution in [3.63, 3.8) is 0 Å². The summed E-state index contributed by atoms with van der Waals surface area (Å²) in [5, 5.41) is 2.76. The number of nitrogens with one attached hydrogen (secondary N) is 1. The van der Waals surface area contributed by atoms with E-state index in [1.807, 2.05) is 12.1 Å². The van der Waals surface area contributed by atoms with Crippen molar-refractivity contribution in [1.29, 1.82) is 0 Å². The van der Waals surface area contributed by atoms with Gasteiger partial charge in [-0.2, -0.15) is 0 Å². The third-order valence-corrected chi connectivity index (χ3v) is 3.66. The van der Waals surface area contributed by atoms with Crippen LogP contribution in [0.15, 0.2) is 34.9 Å². The summed E-state index contributed by atoms with van der Waals surface area (Å²) in [6.45, 7) is 2.08. The predicted molar refractivity (Wildman–Crippen MR) is 69.1 cm³/mol. The van der Waals surface area contributed by atoms with E-state index >= 15 is 0 Å². The van der Waals surface area contributed by atoms with Crippen molar-refractivity contribution in [2.24, 2.45) is 0 Å². The van der Waals surface area contributed by atoms with Crippen molar-refractivity contribution in [1.82, 2.24) is 5.32 Å². The lowest BCUT2D eigenvalue weighted by Crippen LogP contribution is -2.24. The summed E-state index contributed by atoms with van der Waals surface area (Å²) >= 11 is 1.47. The summed E-state index contributed by atoms with van der Waals surface area (Å²) < 4.78 is 4.98. The Bertz CT molecular complexity index is 542. The van der Waals surface area contributed by atoms with Crippen molar-refractivity contribution in [3.05, 3.63) is 46.0 Å². The third kappa shape index (κ3) is 3.07. The average molecular weight is 263 g/mol. The molecule has 0 aliphatic heterocycles. The molecule has 0 aliphatic carbocycles. The molecule has 0 bridgehead atoms. The highest BCUT2D eigenvalue weighted by molar-refractivity contribution is 7.14. The molecule has 0 saturated carbocycles. The second-order valence-corrected chi connectivity index (χ2v) is 4.97. The number of carbonyl (C=O) groups excluding carboxylic acids is 2. The SMILES string of the molecule is CC(=O)c1ccc(CCNC(=O)c2ccco2)s1. The van der Waals surface area contributed by atoms with Crippen LogP contribution >= 0.6 is 11.3 Å². The van der Waals surface area contributed by atoms with Gasteiger partial charge in [0.25, 0.3) is 5.91 Å². The van der Waals surface area contributed by atoms with Crippen LogP contribution in [0.4, 0.5) is 0 Å². The molecule has 0 fully saturated rings. The van der Waals surface area contributed by atoms with E-state index in [2.05, 4.69) is 5.32 Å². The minimum Gasteiger partial charge on any atom is -0.459 e. The van der Waals surface area contributed by atoms with Crippen LogP contribution in [-0.2, 0) is 6.42 Å². The fraction of sp³-hybridized carbons (Fsp3) is 0.231. The third-order valence-electron chi connectivity index (χ3n) is 2.41. The maximum Gasteiger partial charge on any atom is 0.286 e. The summed E-state index contributed by atoms with van der Waals surface area (Å²) in [6.07, 6.45) is 2.18. The fourth-order valence-corrected chi connectivity index (χ4v) is 2.40. The van der Waals surface area contributed by atoms with Crippen molar-refractivity contribution in [2.75, 3.05) is 6.54 Å². The lowest BCUT2D eigenvalue weighted by molar-refractivity contribution is 0.0926. The largest absolute Gasteiger partial charge is 0.459 e. The number of hydrogen-bond donors (Lipinski definition) is 1. The van der Waals surface area contributed by atoms with Gasteiger partial charge in [-0.05, 0) is 37.6 Å². The molecular formula is C13H13NO3S. The van der Waals surface area contributed by atoms with Crippen molar-refractivity contribution in [3.8, 4) is 0 Å². The topological polar surface area (TPSA) is 59.3 Å². The summed E-state index contributed by atoms with van der Waals surface area (Å²) in [5.41, 5.74) is 0. The molecular weight excluding hydrogens is 250 g/mol. The van der Waals surface area contributed by atoms with Crippen LogP contribution < -0.4 is 5.32 Å². The molecule has 2 aromatic rings. The first-order chi connectivity index (χ1) is 8.66. The van der Waals surface area contributed by atoms with E-state index in [0.717, 1.165) is 9.75 Å². The van der Waals surface area contributed by atoms with Crippen LogP contribution in [0.25, 0.3) is 0 Å². The highest BCUT2D eigenvalue weighted by Crippen LogP contribution is 2.17. The Balaban J connectivity index is 1.81. The maximum atomic E-state index is 11.6. The molecule has 0 aliphatic rings. The lowest BCUT2D eigenvalue weighted by atomic mass is 10.3. The fourth-order valence-electron chi connectivity index (χ4n) is 1.50. The molecule has 0 saturated heterocycles. The number of thiophene rings is 1. The highest BCUT2D eigenvalue weighted by Gasteiger charge is 2.08. The molecule has 2 aromatic heterocycles. The molecule has 0 aromatic carbocycles. The standard InChI is InChI=1S/C13H13NO3S/c1-9(15)12-5-4-10(18-12)6-7-14-13(16)11-3-2-8-17-11/h2-5,8H,6-7H2,1H3,(H,14,16). The second-order valence-electron chi connectivity index (χ2n) is 3.81. The van der Waals surface area contributed by atoms with E-state index in [-0.39, 0.29) is 11.7 Å². The molecule has 0 atom stereocenters. The Morgan fingerprint density at radius 1 is 1.33 bits per heavy atom. The van der Waals surface area contributed by atoms with Gasteiger partial charge in [0.05, 0.1) is 11.1 Å². The smallest absolute Gasteiger partial charge is 0.286 e. The highest BCUT2D eigenvalue weighted by atomic mass is 32.1. The number of furan rings is 1. The molecule has 2 rings (SSSR count). The van der Waals surface area contributed by atoms with Gasteiger partial charge in [-0.1, -0.05) is 0 Å². The van der Waals surface area contributed by atoms with E-state index < -0.39 is 0 Å². The number of amides is 1. The molecule has 1 amide bonds. The summed E-state index contributed by atoms with van der Waals surface area (Å²) in [5.74, 6) is 0.167. The quantitative estimate of drug-likeness (QED) is 0.843. The van der Waals surface area contributed by atoms with Crippen LogP contribution in [-0.4, -0.2) is 18.2 Å². The van der Waals surface area contributed by atoms with Gasteiger partial charge in [-0.25, -0.2) is 0 Å². The van der Waals surface area contributed by atoms with Gasteiger partial charge in [0.15, 0.2) is 11.5 Å². The first-order valence-electron chi connectivity index (χ1n) is 5.58. The van der Waals surface area contributed by atoms with Gasteiger partial charge in [0.2, 0.25) is 0 Å². The Morgan fingerprint density at radius 2 is 2.17 bits per heavy atom. The normalized spacial score (nSPS) is 10.3. The first-order valence-corrected chi connectivity index (χ1v) is 6.40. The Kier molecular flexibility index (Phi) is 3.94. The predicted octanol–water partition coefficient (Wildman–Crippen LogP) is 2.52. The van der Waals surface area contributed by atoms with Gasteiger partial charge >= 0.3 is 0 Å². The Morgan fingerprint density at radius 3 is 2.78 bits per heavy atom. The monoisotopic (exact) mass is 263 g/mol. The van der Waals surface area contributed by atoms with E-state index in [9.17, 15) is 9.59 Å². The molecule has 18 heavy (non-hydrogen) atoms. The number of rotatable bonds is 5. The van der Waals surface area contributed by atoms with Gasteiger partial charge in [-0.15, -0.1) is 11.3 Å². The van der Waals surface area contributed by atoms with Gasteiger partial charge < -0.3 is 9.73 Å². The maximum absolute atomic E-state index is 11.6. The van der Waals surface area contributed by atoms with E-state index in [1.165, 1.54) is 17.6 Å². The van der Waals surface area contributed by atoms with Crippen molar-refractivity contribution in [2.45, 2.75) is 13.3 Å². The van der Waals surface area contributed by atoms with Gasteiger partial charge in [0, 0.05) is 11.4 Å². The van der Waals surface area contributed by atoms with Crippen LogP contribution in [0.3, 0.4) is 0 Å². The van der Waals surface area contributed by atoms with Crippen LogP contribution in [0.2, 0.25) is 0 Å². The Labute approximate surface area is 109 Å². The molecule has 5 heteroatoms. The van der Waals surface area contributed by atoms with Crippen LogP contribution in [0, 0.1) is 0 Å². The molecule has 0 unspecified atom stereocenters. The second kappa shape index (κ2) is 5.64. The molecule has 0 radical (unpaired) electrons. The summed E-state index contributed by atoms with van der Waals surface area (Å²) in [4.78, 5) is 24.5. The Hall–Kier alpha value is -1.88. The number of Topliss-reactive ketones (excluding diaryl/α,β-unsaturated/α-hetero) is 1. The van der Waals surface area contributed by atoms with E-state index in [4.69, 9.17) is 4.42 Å². The minimum absolute atomic E-state index is 0.0749. The number of hydrogen-bond acceptors (Lipinski definition) is 4. The van der Waals surface area contributed by atoms with Gasteiger partial charge in [-0.3, -0.25) is 9.59 Å². The molecule has 94 valence electrons. The van der Waals surface area contributed by atoms with E-state index in [1.54, 1.807) is 19.1 Å². The van der Waals surface area contributed by atoms with Gasteiger partial charge in [0.1, 0.15) is 0 Å². The zero-order valence-electron chi connectivity index (χ0n) is 9.93. The zero-order chi connectivity index (χ0) is 13.0. The van der Waals surface area contributed by atoms with Crippen LogP contribution in [0.1, 0.15) is 32.0 Å². The van der Waals surface area contributed by atoms with Crippen molar-refractivity contribution >= 4 is 23.0 Å². The first kappa shape index (κ1) is 12.6. The zero-order valence-corrected chi connectivity index (χ0v) is 10.8. The van der Waals surface area contributed by atoms with Crippen molar-refractivity contribution < 1.29 is 14.0 Å². The number of carbonyl (C=O) groups is 2. The summed E-state index contributed by atoms with van der Waals surface area (Å²) in [7, 11) is 0. The van der Waals surface area contributed by atoms with Crippen LogP contribution in [0.5, 0.6) is 0 Å². The lowest BCUT2D eigenvalue weighted by Gasteiger charge is -2.01. The molecule has 4 nitrogen and oxygen atoms in total. The molecule has 2 heterocycles. The summed E-state index contributed by atoms with van der Waals surface area (Å²) in [6, 6.07) is 7.03. The average Bonchev–Trinajstić information content (AvgIpc) is 3.00. The minimum atomic E-state index is -0.219. The van der Waals surface area contributed by atoms with E-state index in [0.29, 0.717) is 18.7 Å². The molecule has 1 N–H and O–H groups in total.